The summed E-state index contributed by atoms with van der Waals surface area (Å²) in [5.41, 5.74) is 1.56. The standard InChI is InChI=1S/C13H15Cl2NO2/c1-8(17)11-9-4-3-5-10(14)12(9)16(13(11)15)6-7-18-2/h3-5,8,17H,6-7H2,1-2H3. The Morgan fingerprint density at radius 2 is 2.11 bits per heavy atom. The lowest BCUT2D eigenvalue weighted by atomic mass is 10.1. The van der Waals surface area contributed by atoms with Crippen molar-refractivity contribution in [3.05, 3.63) is 33.9 Å². The van der Waals surface area contributed by atoms with Crippen LogP contribution in [0.2, 0.25) is 10.2 Å². The number of aliphatic hydroxyl groups excluding tert-OH is 1. The first-order valence-corrected chi connectivity index (χ1v) is 6.46. The van der Waals surface area contributed by atoms with E-state index in [2.05, 4.69) is 0 Å². The largest absolute Gasteiger partial charge is 0.389 e. The molecule has 0 radical (unpaired) electrons. The zero-order chi connectivity index (χ0) is 13.3. The zero-order valence-corrected chi connectivity index (χ0v) is 11.8. The average molecular weight is 288 g/mol. The van der Waals surface area contributed by atoms with Gasteiger partial charge in [0.25, 0.3) is 0 Å². The van der Waals surface area contributed by atoms with E-state index in [4.69, 9.17) is 27.9 Å². The topological polar surface area (TPSA) is 34.4 Å². The number of hydrogen-bond donors (Lipinski definition) is 1. The van der Waals surface area contributed by atoms with Gasteiger partial charge in [-0.25, -0.2) is 0 Å². The van der Waals surface area contributed by atoms with Crippen LogP contribution in [0.15, 0.2) is 18.2 Å². The van der Waals surface area contributed by atoms with Crippen molar-refractivity contribution < 1.29 is 9.84 Å². The maximum Gasteiger partial charge on any atom is 0.115 e. The van der Waals surface area contributed by atoms with Gasteiger partial charge in [0.05, 0.1) is 23.3 Å². The maximum absolute atomic E-state index is 9.86. The van der Waals surface area contributed by atoms with Crippen LogP contribution in [0.5, 0.6) is 0 Å². The lowest BCUT2D eigenvalue weighted by Crippen LogP contribution is -2.04. The van der Waals surface area contributed by atoms with E-state index in [0.717, 1.165) is 10.9 Å². The SMILES string of the molecule is COCCn1c(Cl)c(C(C)O)c2cccc(Cl)c21. The van der Waals surface area contributed by atoms with Crippen LogP contribution in [-0.2, 0) is 11.3 Å². The number of aromatic nitrogens is 1. The Morgan fingerprint density at radius 3 is 2.72 bits per heavy atom. The molecule has 0 saturated heterocycles. The Hall–Kier alpha value is -0.740. The van der Waals surface area contributed by atoms with Crippen molar-refractivity contribution in [3.8, 4) is 0 Å². The third kappa shape index (κ3) is 2.24. The number of para-hydroxylation sites is 1. The lowest BCUT2D eigenvalue weighted by Gasteiger charge is -2.07. The predicted molar refractivity (Wildman–Crippen MR) is 74.5 cm³/mol. The predicted octanol–water partition coefficient (Wildman–Crippen LogP) is 3.65. The zero-order valence-electron chi connectivity index (χ0n) is 10.3. The van der Waals surface area contributed by atoms with E-state index in [1.165, 1.54) is 0 Å². The third-order valence-electron chi connectivity index (χ3n) is 2.94. The Kier molecular flexibility index (Phi) is 4.17. The van der Waals surface area contributed by atoms with Gasteiger partial charge in [0.2, 0.25) is 0 Å². The minimum absolute atomic E-state index is 0.519. The summed E-state index contributed by atoms with van der Waals surface area (Å²) in [6.07, 6.45) is -0.637. The van der Waals surface area contributed by atoms with Crippen LogP contribution in [0.1, 0.15) is 18.6 Å². The number of fused-ring (bicyclic) bond motifs is 1. The number of halogens is 2. The molecule has 1 N–H and O–H groups in total. The number of nitrogens with zero attached hydrogens (tertiary/aromatic N) is 1. The second-order valence-electron chi connectivity index (χ2n) is 4.16. The summed E-state index contributed by atoms with van der Waals surface area (Å²) in [4.78, 5) is 0. The monoisotopic (exact) mass is 287 g/mol. The highest BCUT2D eigenvalue weighted by atomic mass is 35.5. The molecule has 2 aromatic rings. The van der Waals surface area contributed by atoms with Gasteiger partial charge in [-0.2, -0.15) is 0 Å². The van der Waals surface area contributed by atoms with E-state index in [0.29, 0.717) is 28.9 Å². The fraction of sp³-hybridized carbons (Fsp3) is 0.385. The molecule has 3 nitrogen and oxygen atoms in total. The molecule has 1 heterocycles. The number of benzene rings is 1. The van der Waals surface area contributed by atoms with Gasteiger partial charge >= 0.3 is 0 Å². The van der Waals surface area contributed by atoms with Crippen LogP contribution in [0.3, 0.4) is 0 Å². The van der Waals surface area contributed by atoms with Crippen molar-refractivity contribution in [2.45, 2.75) is 19.6 Å². The number of rotatable bonds is 4. The Bertz CT molecular complexity index is 564. The highest BCUT2D eigenvalue weighted by Gasteiger charge is 2.20. The Labute approximate surface area is 116 Å². The van der Waals surface area contributed by atoms with Crippen molar-refractivity contribution in [2.24, 2.45) is 0 Å². The molecular formula is C13H15Cl2NO2. The van der Waals surface area contributed by atoms with Gasteiger partial charge in [-0.05, 0) is 13.0 Å². The normalized spacial score (nSPS) is 13.2. The first-order chi connectivity index (χ1) is 8.57. The molecule has 1 atom stereocenters. The Morgan fingerprint density at radius 1 is 1.39 bits per heavy atom. The molecule has 5 heteroatoms. The van der Waals surface area contributed by atoms with E-state index in [9.17, 15) is 5.11 Å². The summed E-state index contributed by atoms with van der Waals surface area (Å²) < 4.78 is 6.95. The highest BCUT2D eigenvalue weighted by Crippen LogP contribution is 2.37. The molecule has 0 saturated carbocycles. The van der Waals surface area contributed by atoms with Crippen molar-refractivity contribution in [1.82, 2.24) is 4.57 Å². The summed E-state index contributed by atoms with van der Waals surface area (Å²) >= 11 is 12.6. The van der Waals surface area contributed by atoms with Gasteiger partial charge in [0.15, 0.2) is 0 Å². The van der Waals surface area contributed by atoms with Gasteiger partial charge in [0, 0.05) is 24.6 Å². The highest BCUT2D eigenvalue weighted by molar-refractivity contribution is 6.37. The van der Waals surface area contributed by atoms with E-state index in [-0.39, 0.29) is 0 Å². The second kappa shape index (κ2) is 5.49. The smallest absolute Gasteiger partial charge is 0.115 e. The fourth-order valence-electron chi connectivity index (χ4n) is 2.15. The molecule has 1 aromatic carbocycles. The number of methoxy groups -OCH3 is 1. The minimum Gasteiger partial charge on any atom is -0.389 e. The van der Waals surface area contributed by atoms with E-state index < -0.39 is 6.10 Å². The van der Waals surface area contributed by atoms with E-state index in [1.54, 1.807) is 14.0 Å². The van der Waals surface area contributed by atoms with E-state index >= 15 is 0 Å². The van der Waals surface area contributed by atoms with Crippen molar-refractivity contribution in [1.29, 1.82) is 0 Å². The van der Waals surface area contributed by atoms with Crippen molar-refractivity contribution in [2.75, 3.05) is 13.7 Å². The summed E-state index contributed by atoms with van der Waals surface area (Å²) in [6, 6.07) is 5.58. The quantitative estimate of drug-likeness (QED) is 0.932. The molecular weight excluding hydrogens is 273 g/mol. The Balaban J connectivity index is 2.71. The number of ether oxygens (including phenoxy) is 1. The molecule has 0 aliphatic rings. The van der Waals surface area contributed by atoms with Crippen LogP contribution in [0.4, 0.5) is 0 Å². The first kappa shape index (κ1) is 13.7. The molecule has 0 bridgehead atoms. The fourth-order valence-corrected chi connectivity index (χ4v) is 2.86. The van der Waals surface area contributed by atoms with Gasteiger partial charge in [0.1, 0.15) is 5.15 Å². The van der Waals surface area contributed by atoms with Crippen LogP contribution in [0, 0.1) is 0 Å². The number of hydrogen-bond acceptors (Lipinski definition) is 2. The van der Waals surface area contributed by atoms with Crippen LogP contribution < -0.4 is 0 Å². The summed E-state index contributed by atoms with van der Waals surface area (Å²) in [5, 5.41) is 11.9. The summed E-state index contributed by atoms with van der Waals surface area (Å²) in [6.45, 7) is 2.83. The van der Waals surface area contributed by atoms with Gasteiger partial charge in [-0.1, -0.05) is 35.3 Å². The second-order valence-corrected chi connectivity index (χ2v) is 4.93. The molecule has 0 spiro atoms. The first-order valence-electron chi connectivity index (χ1n) is 5.71. The maximum atomic E-state index is 9.86. The molecule has 0 aliphatic heterocycles. The van der Waals surface area contributed by atoms with Gasteiger partial charge < -0.3 is 14.4 Å². The van der Waals surface area contributed by atoms with Crippen molar-refractivity contribution >= 4 is 34.1 Å². The van der Waals surface area contributed by atoms with Gasteiger partial charge in [-0.15, -0.1) is 0 Å². The van der Waals surface area contributed by atoms with Crippen LogP contribution in [0.25, 0.3) is 10.9 Å². The van der Waals surface area contributed by atoms with Crippen LogP contribution >= 0.6 is 23.2 Å². The molecule has 1 unspecified atom stereocenters. The third-order valence-corrected chi connectivity index (χ3v) is 3.66. The van der Waals surface area contributed by atoms with Crippen molar-refractivity contribution in [3.63, 3.8) is 0 Å². The van der Waals surface area contributed by atoms with Gasteiger partial charge in [-0.3, -0.25) is 0 Å². The molecule has 2 rings (SSSR count). The minimum atomic E-state index is -0.637. The summed E-state index contributed by atoms with van der Waals surface area (Å²) in [5.74, 6) is 0. The molecule has 18 heavy (non-hydrogen) atoms. The summed E-state index contributed by atoms with van der Waals surface area (Å²) in [7, 11) is 1.64. The average Bonchev–Trinajstić information content (AvgIpc) is 2.60. The molecule has 0 fully saturated rings. The van der Waals surface area contributed by atoms with E-state index in [1.807, 2.05) is 22.8 Å². The molecule has 1 aromatic heterocycles. The number of aliphatic hydroxyl groups is 1. The molecule has 98 valence electrons. The molecule has 0 amide bonds. The molecule has 0 aliphatic carbocycles. The van der Waals surface area contributed by atoms with Crippen LogP contribution in [-0.4, -0.2) is 23.4 Å². The lowest BCUT2D eigenvalue weighted by molar-refractivity contribution is 0.187.